The highest BCUT2D eigenvalue weighted by atomic mass is 16.5. The number of fused-ring (bicyclic) bond motifs is 3. The Labute approximate surface area is 181 Å². The predicted octanol–water partition coefficient (Wildman–Crippen LogP) is 5.78. The third-order valence-electron chi connectivity index (χ3n) is 6.11. The highest BCUT2D eigenvalue weighted by molar-refractivity contribution is 6.94. The lowest BCUT2D eigenvalue weighted by atomic mass is 9.34. The van der Waals surface area contributed by atoms with E-state index in [1.54, 1.807) is 6.08 Å². The lowest BCUT2D eigenvalue weighted by molar-refractivity contribution is 0.433. The summed E-state index contributed by atoms with van der Waals surface area (Å²) >= 11 is 0. The molecule has 2 nitrogen and oxygen atoms in total. The van der Waals surface area contributed by atoms with Crippen LogP contribution in [0.3, 0.4) is 0 Å². The third kappa shape index (κ3) is 2.67. The molecule has 0 saturated heterocycles. The van der Waals surface area contributed by atoms with Crippen LogP contribution in [0.1, 0.15) is 0 Å². The van der Waals surface area contributed by atoms with Crippen LogP contribution in [0.25, 0.3) is 21.9 Å². The van der Waals surface area contributed by atoms with Crippen molar-refractivity contribution in [3.63, 3.8) is 0 Å². The van der Waals surface area contributed by atoms with E-state index in [1.807, 2.05) is 24.3 Å². The lowest BCUT2D eigenvalue weighted by Gasteiger charge is -2.34. The minimum atomic E-state index is 0.00997. The number of benzene rings is 4. The summed E-state index contributed by atoms with van der Waals surface area (Å²) in [5, 5.41) is 2.41. The van der Waals surface area contributed by atoms with E-state index >= 15 is 0 Å². The molecule has 0 saturated carbocycles. The second-order valence-corrected chi connectivity index (χ2v) is 7.87. The molecule has 0 N–H and O–H groups in total. The van der Waals surface area contributed by atoms with Crippen molar-refractivity contribution in [1.29, 1.82) is 0 Å². The fourth-order valence-corrected chi connectivity index (χ4v) is 4.76. The Bertz CT molecular complexity index is 1430. The van der Waals surface area contributed by atoms with Gasteiger partial charge in [-0.05, 0) is 51.0 Å². The van der Waals surface area contributed by atoms with Crippen molar-refractivity contribution >= 4 is 28.4 Å². The van der Waals surface area contributed by atoms with Crippen molar-refractivity contribution in [2.75, 3.05) is 0 Å². The first-order valence-electron chi connectivity index (χ1n) is 10.4. The number of hydrogen-bond donors (Lipinski definition) is 0. The monoisotopic (exact) mass is 398 g/mol. The van der Waals surface area contributed by atoms with Gasteiger partial charge in [0, 0.05) is 5.46 Å². The number of allylic oxidation sites excluding steroid dienone is 3. The summed E-state index contributed by atoms with van der Waals surface area (Å²) in [5.74, 6) is 3.14. The molecular weight excluding hydrogens is 379 g/mol. The summed E-state index contributed by atoms with van der Waals surface area (Å²) in [6, 6.07) is 27.2. The Morgan fingerprint density at radius 2 is 1.52 bits per heavy atom. The Kier molecular flexibility index (Phi) is 3.90. The van der Waals surface area contributed by atoms with Crippen molar-refractivity contribution in [2.45, 2.75) is 0 Å². The first kappa shape index (κ1) is 17.8. The van der Waals surface area contributed by atoms with Gasteiger partial charge in [-0.3, -0.25) is 0 Å². The maximum atomic E-state index is 6.40. The first-order chi connectivity index (χ1) is 15.2. The van der Waals surface area contributed by atoms with Gasteiger partial charge in [-0.2, -0.15) is 0 Å². The number of para-hydroxylation sites is 1. The van der Waals surface area contributed by atoms with Gasteiger partial charge in [0.2, 0.25) is 0 Å². The molecule has 31 heavy (non-hydrogen) atoms. The van der Waals surface area contributed by atoms with E-state index in [0.717, 1.165) is 44.8 Å². The summed E-state index contributed by atoms with van der Waals surface area (Å²) in [5.41, 5.74) is 5.39. The highest BCUT2D eigenvalue weighted by Gasteiger charge is 2.41. The number of rotatable bonds is 2. The predicted molar refractivity (Wildman–Crippen MR) is 129 cm³/mol. The van der Waals surface area contributed by atoms with Crippen molar-refractivity contribution in [2.24, 2.45) is 0 Å². The molecule has 0 spiro atoms. The smallest absolute Gasteiger partial charge is 0.260 e. The Balaban J connectivity index is 1.63. The fraction of sp³-hybridized carbons (Fsp3) is 0. The standard InChI is InChI=1S/C28H19BO2/c1-3-9-23-18(2)30-26-16-20(22-13-8-11-19-10-4-5-12-21(19)22)17-27-28(26)29(23)24-14-6-7-15-25(24)31-27/h3-17H,1-2H2/b23-9+. The second-order valence-electron chi connectivity index (χ2n) is 7.87. The molecule has 4 aromatic carbocycles. The molecular formula is C28H19BO2. The van der Waals surface area contributed by atoms with Gasteiger partial charge in [0.05, 0.1) is 0 Å². The molecule has 0 bridgehead atoms. The maximum Gasteiger partial charge on any atom is 0.260 e. The van der Waals surface area contributed by atoms with Gasteiger partial charge in [-0.1, -0.05) is 86.0 Å². The third-order valence-corrected chi connectivity index (χ3v) is 6.11. The SMILES string of the molecule is C=C/C=C1/B2c3ccccc3Oc3cc(-c4cccc5ccccc45)cc(c32)OC1=C. The molecule has 3 heteroatoms. The van der Waals surface area contributed by atoms with Gasteiger partial charge in [0.25, 0.3) is 6.71 Å². The van der Waals surface area contributed by atoms with Crippen LogP contribution in [0.5, 0.6) is 17.2 Å². The lowest BCUT2D eigenvalue weighted by Crippen LogP contribution is -2.51. The summed E-state index contributed by atoms with van der Waals surface area (Å²) in [4.78, 5) is 0. The van der Waals surface area contributed by atoms with Crippen molar-refractivity contribution in [1.82, 2.24) is 0 Å². The van der Waals surface area contributed by atoms with Crippen LogP contribution >= 0.6 is 0 Å². The molecule has 2 heterocycles. The van der Waals surface area contributed by atoms with Crippen LogP contribution in [-0.2, 0) is 0 Å². The van der Waals surface area contributed by atoms with Crippen LogP contribution in [0.2, 0.25) is 0 Å². The molecule has 0 aliphatic carbocycles. The Morgan fingerprint density at radius 1 is 0.774 bits per heavy atom. The molecule has 0 amide bonds. The molecule has 4 aromatic rings. The molecule has 0 fully saturated rings. The Hall–Kier alpha value is -3.98. The minimum Gasteiger partial charge on any atom is -0.459 e. The van der Waals surface area contributed by atoms with Crippen molar-refractivity contribution < 1.29 is 9.47 Å². The van der Waals surface area contributed by atoms with Crippen molar-refractivity contribution in [3.05, 3.63) is 115 Å². The number of ether oxygens (including phenoxy) is 2. The van der Waals surface area contributed by atoms with Gasteiger partial charge in [-0.15, -0.1) is 0 Å². The number of hydrogen-bond acceptors (Lipinski definition) is 2. The van der Waals surface area contributed by atoms with Crippen LogP contribution < -0.4 is 20.4 Å². The average Bonchev–Trinajstić information content (AvgIpc) is 2.80. The normalized spacial score (nSPS) is 15.2. The largest absolute Gasteiger partial charge is 0.459 e. The maximum absolute atomic E-state index is 6.40. The van der Waals surface area contributed by atoms with E-state index in [2.05, 4.69) is 73.8 Å². The second kappa shape index (κ2) is 6.78. The summed E-state index contributed by atoms with van der Waals surface area (Å²) in [6.45, 7) is 8.11. The zero-order chi connectivity index (χ0) is 20.9. The molecule has 0 aromatic heterocycles. The summed E-state index contributed by atoms with van der Waals surface area (Å²) in [7, 11) is 0. The molecule has 2 aliphatic rings. The van der Waals surface area contributed by atoms with E-state index in [0.29, 0.717) is 5.76 Å². The van der Waals surface area contributed by atoms with E-state index in [9.17, 15) is 0 Å². The molecule has 0 atom stereocenters. The quantitative estimate of drug-likeness (QED) is 0.399. The molecule has 0 unspecified atom stereocenters. The van der Waals surface area contributed by atoms with Gasteiger partial charge in [-0.25, -0.2) is 0 Å². The minimum absolute atomic E-state index is 0.00997. The van der Waals surface area contributed by atoms with Crippen LogP contribution in [0, 0.1) is 0 Å². The van der Waals surface area contributed by atoms with E-state index in [-0.39, 0.29) is 6.71 Å². The van der Waals surface area contributed by atoms with E-state index in [4.69, 9.17) is 9.47 Å². The molecule has 2 aliphatic heterocycles. The van der Waals surface area contributed by atoms with Crippen LogP contribution in [0.4, 0.5) is 0 Å². The van der Waals surface area contributed by atoms with Crippen LogP contribution in [0.15, 0.2) is 115 Å². The van der Waals surface area contributed by atoms with E-state index in [1.165, 1.54) is 10.8 Å². The Morgan fingerprint density at radius 3 is 2.39 bits per heavy atom. The summed E-state index contributed by atoms with van der Waals surface area (Å²) in [6.07, 6.45) is 3.78. The highest BCUT2D eigenvalue weighted by Crippen LogP contribution is 2.40. The molecule has 0 radical (unpaired) electrons. The molecule has 6 rings (SSSR count). The van der Waals surface area contributed by atoms with Gasteiger partial charge < -0.3 is 9.47 Å². The van der Waals surface area contributed by atoms with Gasteiger partial charge in [0.1, 0.15) is 23.0 Å². The zero-order valence-electron chi connectivity index (χ0n) is 17.0. The summed E-state index contributed by atoms with van der Waals surface area (Å²) < 4.78 is 12.6. The fourth-order valence-electron chi connectivity index (χ4n) is 4.76. The first-order valence-corrected chi connectivity index (χ1v) is 10.4. The zero-order valence-corrected chi connectivity index (χ0v) is 17.0. The van der Waals surface area contributed by atoms with Gasteiger partial charge >= 0.3 is 0 Å². The van der Waals surface area contributed by atoms with E-state index < -0.39 is 0 Å². The topological polar surface area (TPSA) is 18.5 Å². The van der Waals surface area contributed by atoms with Gasteiger partial charge in [0.15, 0.2) is 0 Å². The molecule has 146 valence electrons. The average molecular weight is 398 g/mol. The van der Waals surface area contributed by atoms with Crippen molar-refractivity contribution in [3.8, 4) is 28.4 Å². The van der Waals surface area contributed by atoms with Crippen LogP contribution in [-0.4, -0.2) is 6.71 Å².